The van der Waals surface area contributed by atoms with Crippen LogP contribution in [-0.4, -0.2) is 18.6 Å². The molecule has 94 valence electrons. The molecule has 7 heteroatoms. The number of hydrogen-bond acceptors (Lipinski definition) is 1. The second-order valence-electron chi connectivity index (χ2n) is 3.25. The fraction of sp³-hybridized carbons (Fsp3) is 0.300. The highest BCUT2D eigenvalue weighted by atomic mass is 79.9. The lowest BCUT2D eigenvalue weighted by molar-refractivity contribution is -0.132. The first kappa shape index (κ1) is 14.3. The molecule has 0 fully saturated rings. The van der Waals surface area contributed by atoms with Crippen LogP contribution >= 0.6 is 27.5 Å². The summed E-state index contributed by atoms with van der Waals surface area (Å²) in [6.45, 7) is -0.448. The Morgan fingerprint density at radius 2 is 2.06 bits per heavy atom. The molecule has 0 aromatic heterocycles. The van der Waals surface area contributed by atoms with Crippen molar-refractivity contribution in [3.63, 3.8) is 0 Å². The largest absolute Gasteiger partial charge is 0.390 e. The van der Waals surface area contributed by atoms with Crippen LogP contribution < -0.4 is 5.32 Å². The summed E-state index contributed by atoms with van der Waals surface area (Å²) in [6, 6.07) is 4.41. The van der Waals surface area contributed by atoms with Gasteiger partial charge in [-0.05, 0) is 34.1 Å². The molecule has 0 radical (unpaired) electrons. The first-order valence-corrected chi connectivity index (χ1v) is 5.77. The lowest BCUT2D eigenvalue weighted by Gasteiger charge is -2.08. The van der Waals surface area contributed by atoms with Crippen LogP contribution in [0.1, 0.15) is 16.8 Å². The average molecular weight is 331 g/mol. The van der Waals surface area contributed by atoms with Gasteiger partial charge in [0, 0.05) is 16.6 Å². The number of benzene rings is 1. The van der Waals surface area contributed by atoms with Gasteiger partial charge in [-0.3, -0.25) is 4.79 Å². The number of rotatable bonds is 3. The van der Waals surface area contributed by atoms with E-state index in [-0.39, 0.29) is 5.56 Å². The van der Waals surface area contributed by atoms with Gasteiger partial charge in [0.1, 0.15) is 0 Å². The third kappa shape index (κ3) is 4.95. The summed E-state index contributed by atoms with van der Waals surface area (Å²) in [6.07, 6.45) is -5.33. The van der Waals surface area contributed by atoms with Crippen molar-refractivity contribution in [2.24, 2.45) is 0 Å². The second-order valence-corrected chi connectivity index (χ2v) is 4.51. The van der Waals surface area contributed by atoms with Crippen molar-refractivity contribution in [3.05, 3.63) is 33.3 Å². The SMILES string of the molecule is O=C(NCCC(F)(F)F)c1ccc(Br)c(Cl)c1. The third-order valence-electron chi connectivity index (χ3n) is 1.88. The van der Waals surface area contributed by atoms with Crippen LogP contribution in [0.2, 0.25) is 5.02 Å². The van der Waals surface area contributed by atoms with Crippen LogP contribution in [0.25, 0.3) is 0 Å². The molecule has 0 bridgehead atoms. The van der Waals surface area contributed by atoms with Crippen LogP contribution in [0.3, 0.4) is 0 Å². The molecule has 0 aliphatic rings. The number of carbonyl (C=O) groups excluding carboxylic acids is 1. The Hall–Kier alpha value is -0.750. The lowest BCUT2D eigenvalue weighted by Crippen LogP contribution is -2.27. The molecule has 2 nitrogen and oxygen atoms in total. The normalized spacial score (nSPS) is 11.4. The van der Waals surface area contributed by atoms with Crippen molar-refractivity contribution in [3.8, 4) is 0 Å². The van der Waals surface area contributed by atoms with E-state index in [1.807, 2.05) is 0 Å². The van der Waals surface area contributed by atoms with Gasteiger partial charge in [-0.2, -0.15) is 13.2 Å². The van der Waals surface area contributed by atoms with E-state index in [0.29, 0.717) is 9.50 Å². The molecule has 0 spiro atoms. The van der Waals surface area contributed by atoms with Crippen molar-refractivity contribution in [2.75, 3.05) is 6.54 Å². The summed E-state index contributed by atoms with van der Waals surface area (Å²) >= 11 is 8.90. The molecule has 0 unspecified atom stereocenters. The van der Waals surface area contributed by atoms with Gasteiger partial charge in [0.25, 0.3) is 5.91 Å². The average Bonchev–Trinajstić information content (AvgIpc) is 2.20. The third-order valence-corrected chi connectivity index (χ3v) is 3.11. The van der Waals surface area contributed by atoms with Crippen molar-refractivity contribution in [2.45, 2.75) is 12.6 Å². The van der Waals surface area contributed by atoms with Crippen LogP contribution in [0, 0.1) is 0 Å². The highest BCUT2D eigenvalue weighted by molar-refractivity contribution is 9.10. The molecule has 0 atom stereocenters. The number of carbonyl (C=O) groups is 1. The van der Waals surface area contributed by atoms with E-state index in [0.717, 1.165) is 0 Å². The van der Waals surface area contributed by atoms with Crippen LogP contribution in [0.15, 0.2) is 22.7 Å². The molecule has 0 heterocycles. The second kappa shape index (κ2) is 5.73. The molecule has 0 aliphatic carbocycles. The molecule has 17 heavy (non-hydrogen) atoms. The Balaban J connectivity index is 2.56. The van der Waals surface area contributed by atoms with Crippen molar-refractivity contribution >= 4 is 33.4 Å². The summed E-state index contributed by atoms with van der Waals surface area (Å²) in [7, 11) is 0. The molecule has 1 aromatic rings. The monoisotopic (exact) mass is 329 g/mol. The first-order valence-electron chi connectivity index (χ1n) is 4.59. The minimum Gasteiger partial charge on any atom is -0.352 e. The van der Waals surface area contributed by atoms with Crippen LogP contribution in [-0.2, 0) is 0 Å². The fourth-order valence-corrected chi connectivity index (χ4v) is 1.48. The van der Waals surface area contributed by atoms with Gasteiger partial charge in [-0.1, -0.05) is 11.6 Å². The summed E-state index contributed by atoms with van der Waals surface area (Å²) < 4.78 is 36.2. The number of halogens is 5. The number of amides is 1. The zero-order valence-electron chi connectivity index (χ0n) is 8.44. The molecule has 1 rings (SSSR count). The number of alkyl halides is 3. The van der Waals surface area contributed by atoms with Crippen molar-refractivity contribution in [1.82, 2.24) is 5.32 Å². The van der Waals surface area contributed by atoms with Gasteiger partial charge in [0.2, 0.25) is 0 Å². The van der Waals surface area contributed by atoms with E-state index in [1.54, 1.807) is 6.07 Å². The maximum Gasteiger partial charge on any atom is 0.390 e. The molecular formula is C10H8BrClF3NO. The van der Waals surface area contributed by atoms with Gasteiger partial charge >= 0.3 is 6.18 Å². The number of hydrogen-bond donors (Lipinski definition) is 1. The van der Waals surface area contributed by atoms with Crippen LogP contribution in [0.4, 0.5) is 13.2 Å². The van der Waals surface area contributed by atoms with Gasteiger partial charge < -0.3 is 5.32 Å². The maximum atomic E-state index is 11.8. The summed E-state index contributed by atoms with van der Waals surface area (Å²) in [5.41, 5.74) is 0.223. The molecule has 0 saturated carbocycles. The van der Waals surface area contributed by atoms with E-state index in [9.17, 15) is 18.0 Å². The Morgan fingerprint density at radius 1 is 1.41 bits per heavy atom. The Kier molecular flexibility index (Phi) is 4.82. The van der Waals surface area contributed by atoms with Gasteiger partial charge in [-0.15, -0.1) is 0 Å². The molecular weight excluding hydrogens is 322 g/mol. The Morgan fingerprint density at radius 3 is 2.59 bits per heavy atom. The van der Waals surface area contributed by atoms with Crippen molar-refractivity contribution in [1.29, 1.82) is 0 Å². The van der Waals surface area contributed by atoms with Gasteiger partial charge in [0.15, 0.2) is 0 Å². The minimum atomic E-state index is -4.27. The Labute approximate surface area is 109 Å². The first-order chi connectivity index (χ1) is 7.79. The van der Waals surface area contributed by atoms with Gasteiger partial charge in [-0.25, -0.2) is 0 Å². The standard InChI is InChI=1S/C10H8BrClF3NO/c11-7-2-1-6(5-8(7)12)9(17)16-4-3-10(13,14)15/h1-2,5H,3-4H2,(H,16,17). The summed E-state index contributed by atoms with van der Waals surface area (Å²) in [4.78, 5) is 11.4. The molecule has 1 aromatic carbocycles. The molecule has 1 amide bonds. The molecule has 0 saturated heterocycles. The maximum absolute atomic E-state index is 11.8. The molecule has 1 N–H and O–H groups in total. The Bertz CT molecular complexity index is 423. The minimum absolute atomic E-state index is 0.223. The van der Waals surface area contributed by atoms with E-state index in [1.165, 1.54) is 12.1 Å². The van der Waals surface area contributed by atoms with E-state index >= 15 is 0 Å². The quantitative estimate of drug-likeness (QED) is 0.898. The van der Waals surface area contributed by atoms with E-state index < -0.39 is 25.0 Å². The van der Waals surface area contributed by atoms with E-state index in [4.69, 9.17) is 11.6 Å². The smallest absolute Gasteiger partial charge is 0.352 e. The van der Waals surface area contributed by atoms with Crippen LogP contribution in [0.5, 0.6) is 0 Å². The topological polar surface area (TPSA) is 29.1 Å². The highest BCUT2D eigenvalue weighted by Crippen LogP contribution is 2.23. The zero-order valence-corrected chi connectivity index (χ0v) is 10.8. The van der Waals surface area contributed by atoms with Gasteiger partial charge in [0.05, 0.1) is 11.4 Å². The number of nitrogens with one attached hydrogen (secondary N) is 1. The predicted octanol–water partition coefficient (Wildman–Crippen LogP) is 3.78. The summed E-state index contributed by atoms with van der Waals surface area (Å²) in [5, 5.41) is 2.50. The summed E-state index contributed by atoms with van der Waals surface area (Å²) in [5.74, 6) is -0.580. The van der Waals surface area contributed by atoms with E-state index in [2.05, 4.69) is 21.2 Å². The fourth-order valence-electron chi connectivity index (χ4n) is 1.06. The highest BCUT2D eigenvalue weighted by Gasteiger charge is 2.26. The molecule has 0 aliphatic heterocycles. The predicted molar refractivity (Wildman–Crippen MR) is 62.2 cm³/mol. The zero-order chi connectivity index (χ0) is 13.1. The van der Waals surface area contributed by atoms with Crippen molar-refractivity contribution < 1.29 is 18.0 Å². The lowest BCUT2D eigenvalue weighted by atomic mass is 10.2.